The molecule has 5 aliphatic rings. The Bertz CT molecular complexity index is 3000. The minimum atomic E-state index is -4.01. The number of carbonyl (C=O) groups excluding carboxylic acids is 7. The lowest BCUT2D eigenvalue weighted by atomic mass is 9.44. The molecule has 2 heterocycles. The summed E-state index contributed by atoms with van der Waals surface area (Å²) < 4.78 is 50.8. The summed E-state index contributed by atoms with van der Waals surface area (Å²) in [6.07, 6.45) is -8.60. The Morgan fingerprint density at radius 2 is 1.40 bits per heavy atom. The van der Waals surface area contributed by atoms with Gasteiger partial charge in [-0.2, -0.15) is 0 Å². The predicted octanol–water partition coefficient (Wildman–Crippen LogP) is 6.56. The number of aliphatic hydroxyl groups is 2. The summed E-state index contributed by atoms with van der Waals surface area (Å²) in [6.45, 7) is 7.53. The van der Waals surface area contributed by atoms with Crippen LogP contribution in [0.3, 0.4) is 0 Å². The summed E-state index contributed by atoms with van der Waals surface area (Å²) in [7, 11) is -4.01. The van der Waals surface area contributed by atoms with E-state index in [1.54, 1.807) is 99.6 Å². The minimum absolute atomic E-state index is 0.0186. The number of esters is 5. The van der Waals surface area contributed by atoms with Gasteiger partial charge in [0, 0.05) is 44.1 Å². The predicted molar refractivity (Wildman–Crippen MR) is 288 cm³/mol. The maximum absolute atomic E-state index is 15.9. The van der Waals surface area contributed by atoms with Crippen LogP contribution in [0.1, 0.15) is 105 Å². The van der Waals surface area contributed by atoms with Gasteiger partial charge in [-0.1, -0.05) is 124 Å². The fourth-order valence-corrected chi connectivity index (χ4v) is 16.7. The first-order chi connectivity index (χ1) is 38.1. The number of hydrogen-bond acceptors (Lipinski definition) is 17. The molecule has 3 unspecified atom stereocenters. The van der Waals surface area contributed by atoms with Crippen molar-refractivity contribution >= 4 is 50.1 Å². The van der Waals surface area contributed by atoms with Crippen LogP contribution in [0.15, 0.2) is 132 Å². The Balaban J connectivity index is 1.15. The number of rotatable bonds is 17. The van der Waals surface area contributed by atoms with Gasteiger partial charge >= 0.3 is 38.4 Å². The molecule has 2 bridgehead atoms. The van der Waals surface area contributed by atoms with Crippen LogP contribution < -0.4 is 5.32 Å². The molecule has 19 heteroatoms. The van der Waals surface area contributed by atoms with Gasteiger partial charge in [0.05, 0.1) is 35.3 Å². The first kappa shape index (κ1) is 57.8. The molecule has 2 aliphatic heterocycles. The van der Waals surface area contributed by atoms with Crippen molar-refractivity contribution in [1.82, 2.24) is 5.32 Å². The molecule has 3 N–H and O–H groups in total. The lowest BCUT2D eigenvalue weighted by molar-refractivity contribution is -0.346. The molecule has 0 radical (unpaired) electrons. The number of ketones is 1. The molecule has 2 saturated carbocycles. The van der Waals surface area contributed by atoms with Crippen LogP contribution in [0, 0.1) is 16.7 Å². The lowest BCUT2D eigenvalue weighted by Gasteiger charge is -2.67. The normalized spacial score (nSPS) is 30.8. The van der Waals surface area contributed by atoms with E-state index in [0.717, 1.165) is 12.5 Å². The highest BCUT2D eigenvalue weighted by Crippen LogP contribution is 2.64. The van der Waals surface area contributed by atoms with E-state index in [2.05, 4.69) is 5.32 Å². The van der Waals surface area contributed by atoms with Crippen molar-refractivity contribution in [3.8, 4) is 0 Å². The second-order valence-electron chi connectivity index (χ2n) is 22.4. The highest BCUT2D eigenvalue weighted by molar-refractivity contribution is 6.70. The van der Waals surface area contributed by atoms with E-state index < -0.39 is 133 Å². The van der Waals surface area contributed by atoms with Gasteiger partial charge in [0.1, 0.15) is 43.2 Å². The van der Waals surface area contributed by atoms with Gasteiger partial charge in [0.2, 0.25) is 0 Å². The molecule has 4 aromatic rings. The first-order valence-electron chi connectivity index (χ1n) is 27.2. The molecule has 12 atom stereocenters. The van der Waals surface area contributed by atoms with Crippen LogP contribution in [0.2, 0.25) is 6.04 Å². The summed E-state index contributed by atoms with van der Waals surface area (Å²) in [4.78, 5) is 100. The van der Waals surface area contributed by atoms with Crippen LogP contribution in [0.25, 0.3) is 0 Å². The maximum atomic E-state index is 15.9. The average molecular weight is 1120 g/mol. The Labute approximate surface area is 465 Å². The van der Waals surface area contributed by atoms with E-state index in [9.17, 15) is 34.2 Å². The minimum Gasteiger partial charge on any atom is -0.459 e. The van der Waals surface area contributed by atoms with Crippen LogP contribution in [-0.4, -0.2) is 127 Å². The fraction of sp³-hybridized carbons (Fsp3) is 0.459. The van der Waals surface area contributed by atoms with Crippen LogP contribution >= 0.6 is 0 Å². The zero-order valence-electron chi connectivity index (χ0n) is 45.8. The molecule has 80 heavy (non-hydrogen) atoms. The van der Waals surface area contributed by atoms with Crippen molar-refractivity contribution < 1.29 is 81.0 Å². The number of benzene rings is 4. The summed E-state index contributed by atoms with van der Waals surface area (Å²) in [5, 5.41) is 29.6. The fourth-order valence-electron chi connectivity index (χ4n) is 12.9. The Kier molecular flexibility index (Phi) is 16.8. The van der Waals surface area contributed by atoms with E-state index in [-0.39, 0.29) is 48.8 Å². The molecule has 1 amide bonds. The molecule has 4 fully saturated rings. The molecule has 3 aliphatic carbocycles. The van der Waals surface area contributed by atoms with Crippen molar-refractivity contribution in [2.75, 3.05) is 13.2 Å². The van der Waals surface area contributed by atoms with Gasteiger partial charge in [0.15, 0.2) is 17.5 Å². The van der Waals surface area contributed by atoms with Gasteiger partial charge in [-0.05, 0) is 72.9 Å². The van der Waals surface area contributed by atoms with E-state index in [1.807, 2.05) is 30.3 Å². The third-order valence-electron chi connectivity index (χ3n) is 17.1. The van der Waals surface area contributed by atoms with Crippen LogP contribution in [0.4, 0.5) is 0 Å². The molecular formula is C61H69NO17Si. The van der Waals surface area contributed by atoms with Gasteiger partial charge in [-0.15, -0.1) is 0 Å². The molecule has 0 aromatic heterocycles. The van der Waals surface area contributed by atoms with E-state index in [4.69, 9.17) is 37.3 Å². The van der Waals surface area contributed by atoms with Crippen molar-refractivity contribution in [3.05, 3.63) is 155 Å². The van der Waals surface area contributed by atoms with Crippen LogP contribution in [-0.2, 0) is 74.3 Å². The standard InChI is InChI=1S/C61H69NO17Si/c1-37-45(33-61(71)54(77-56(69)43-27-17-10-18-28-43)52-59(6,46(65)32-47-60(52,36-73-47)78-39(3)64)53(67)51(75-38(2)63)50(37)58(61,4)5)76-57(70)44(31-40-21-11-7-12-22-40)79-80(74-35-49(66)72-34-41-23-13-8-14-24-41)30-20-19-29-48(80)62-55(68)42-25-15-9-16-26-42/h7-18,21-28,44-48,51-52,54,65,71H,19-20,29-36H2,1-6H3,(H,62,68)/t44-,45+,46+,47-,48?,51-,52?,54+,59-,60+,61-,80?/m1/s1. The summed E-state index contributed by atoms with van der Waals surface area (Å²) >= 11 is 0. The van der Waals surface area contributed by atoms with Crippen molar-refractivity contribution in [2.45, 2.75) is 146 Å². The SMILES string of the molecule is CC(=O)O[C@H]1C(=O)[C@@]2(C)C([C@H](OC(=O)c3ccccc3)[C@]3(O)C[C@H](OC(=O)[C@@H](Cc4ccccc4)O[Si]4(OCC(=O)OCc5ccccc5)CCCCC4NC(=O)c4ccccc4)C(C)=C1C3(C)C)[C@]1(OC(C)=O)CO[C@@H]1C[C@@H]2O. The highest BCUT2D eigenvalue weighted by atomic mass is 28.4. The van der Waals surface area contributed by atoms with E-state index >= 15 is 9.59 Å². The molecule has 2 saturated heterocycles. The van der Waals surface area contributed by atoms with Gasteiger partial charge in [-0.3, -0.25) is 19.2 Å². The zero-order chi connectivity index (χ0) is 57.2. The van der Waals surface area contributed by atoms with Crippen molar-refractivity contribution in [2.24, 2.45) is 16.7 Å². The van der Waals surface area contributed by atoms with E-state index in [0.29, 0.717) is 30.4 Å². The van der Waals surface area contributed by atoms with Gasteiger partial charge in [0.25, 0.3) is 5.91 Å². The number of nitrogens with one attached hydrogen (secondary N) is 1. The first-order valence-corrected chi connectivity index (χ1v) is 29.3. The number of hydrogen-bond donors (Lipinski definition) is 3. The number of amides is 1. The summed E-state index contributed by atoms with van der Waals surface area (Å²) in [5.74, 6) is -7.13. The number of ether oxygens (including phenoxy) is 6. The number of Topliss-reactive ketones (excluding diaryl/α,β-unsaturated/α-hetero) is 1. The average Bonchev–Trinajstić information content (AvgIpc) is 3.44. The topological polar surface area (TPSA) is 246 Å². The third kappa shape index (κ3) is 11.0. The van der Waals surface area contributed by atoms with Crippen LogP contribution in [0.5, 0.6) is 0 Å². The third-order valence-corrected chi connectivity index (χ3v) is 21.0. The molecular weight excluding hydrogens is 1050 g/mol. The molecule has 424 valence electrons. The highest BCUT2D eigenvalue weighted by Gasteiger charge is 2.78. The number of carbonyl (C=O) groups is 7. The Morgan fingerprint density at radius 3 is 2.00 bits per heavy atom. The maximum Gasteiger partial charge on any atom is 0.362 e. The summed E-state index contributed by atoms with van der Waals surface area (Å²) in [6, 6.07) is 34.8. The second kappa shape index (κ2) is 23.3. The molecule has 0 spiro atoms. The second-order valence-corrected chi connectivity index (χ2v) is 25.7. The quantitative estimate of drug-likeness (QED) is 0.0439. The monoisotopic (exact) mass is 1120 g/mol. The van der Waals surface area contributed by atoms with Crippen molar-refractivity contribution in [1.29, 1.82) is 0 Å². The molecule has 9 rings (SSSR count). The van der Waals surface area contributed by atoms with Gasteiger partial charge < -0.3 is 52.8 Å². The van der Waals surface area contributed by atoms with Gasteiger partial charge in [-0.25, -0.2) is 14.4 Å². The smallest absolute Gasteiger partial charge is 0.362 e. The Hall–Kier alpha value is -6.87. The lowest BCUT2D eigenvalue weighted by Crippen LogP contribution is -2.82. The largest absolute Gasteiger partial charge is 0.459 e. The number of fused-ring (bicyclic) bond motifs is 5. The molecule has 4 aromatic carbocycles. The Morgan fingerprint density at radius 1 is 0.787 bits per heavy atom. The molecule has 18 nitrogen and oxygen atoms in total. The van der Waals surface area contributed by atoms with Crippen molar-refractivity contribution in [3.63, 3.8) is 0 Å². The number of aliphatic hydroxyl groups excluding tert-OH is 1. The zero-order valence-corrected chi connectivity index (χ0v) is 46.8. The van der Waals surface area contributed by atoms with E-state index in [1.165, 1.54) is 26.0 Å². The summed E-state index contributed by atoms with van der Waals surface area (Å²) in [5.41, 5.74) is -6.75.